The normalized spacial score (nSPS) is 10.9. The molecule has 2 aromatic heterocycles. The molecule has 1 N–H and O–H groups in total. The van der Waals surface area contributed by atoms with Crippen LogP contribution >= 0.6 is 11.3 Å². The SMILES string of the molecule is Cc1ccoc1C(=O)Nc1ccc(-c2nc3ccccc3s2)cc1. The Hall–Kier alpha value is -2.92. The second kappa shape index (κ2) is 5.94. The first kappa shape index (κ1) is 14.7. The first-order valence-electron chi connectivity index (χ1n) is 7.52. The molecule has 0 atom stereocenters. The highest BCUT2D eigenvalue weighted by atomic mass is 32.1. The fourth-order valence-corrected chi connectivity index (χ4v) is 3.46. The number of hydrogen-bond donors (Lipinski definition) is 1. The Bertz CT molecular complexity index is 982. The molecule has 0 unspecified atom stereocenters. The molecular weight excluding hydrogens is 320 g/mol. The van der Waals surface area contributed by atoms with Crippen molar-refractivity contribution in [3.8, 4) is 10.6 Å². The number of rotatable bonds is 3. The summed E-state index contributed by atoms with van der Waals surface area (Å²) in [5.74, 6) is 0.0930. The van der Waals surface area contributed by atoms with E-state index in [1.165, 1.54) is 6.26 Å². The zero-order valence-corrected chi connectivity index (χ0v) is 13.8. The third-order valence-electron chi connectivity index (χ3n) is 3.75. The van der Waals surface area contributed by atoms with Gasteiger partial charge in [-0.25, -0.2) is 4.98 Å². The quantitative estimate of drug-likeness (QED) is 0.566. The van der Waals surface area contributed by atoms with Gasteiger partial charge in [-0.1, -0.05) is 12.1 Å². The number of carbonyl (C=O) groups excluding carboxylic acids is 1. The van der Waals surface area contributed by atoms with Crippen LogP contribution in [-0.2, 0) is 0 Å². The van der Waals surface area contributed by atoms with Crippen LogP contribution < -0.4 is 5.32 Å². The van der Waals surface area contributed by atoms with E-state index in [0.717, 1.165) is 32.0 Å². The van der Waals surface area contributed by atoms with Gasteiger partial charge in [0, 0.05) is 16.8 Å². The van der Waals surface area contributed by atoms with Crippen LogP contribution in [-0.4, -0.2) is 10.9 Å². The predicted octanol–water partition coefficient (Wildman–Crippen LogP) is 5.12. The van der Waals surface area contributed by atoms with Crippen LogP contribution in [0.15, 0.2) is 65.3 Å². The third-order valence-corrected chi connectivity index (χ3v) is 4.84. The topological polar surface area (TPSA) is 55.1 Å². The van der Waals surface area contributed by atoms with Crippen molar-refractivity contribution in [1.82, 2.24) is 4.98 Å². The van der Waals surface area contributed by atoms with E-state index in [9.17, 15) is 4.79 Å². The molecule has 4 aromatic rings. The van der Waals surface area contributed by atoms with E-state index >= 15 is 0 Å². The number of nitrogens with zero attached hydrogens (tertiary/aromatic N) is 1. The van der Waals surface area contributed by atoms with E-state index in [-0.39, 0.29) is 5.91 Å². The van der Waals surface area contributed by atoms with Crippen molar-refractivity contribution >= 4 is 33.1 Å². The van der Waals surface area contributed by atoms with Crippen molar-refractivity contribution in [2.75, 3.05) is 5.32 Å². The Morgan fingerprint density at radius 3 is 2.58 bits per heavy atom. The number of hydrogen-bond acceptors (Lipinski definition) is 4. The number of aromatic nitrogens is 1. The van der Waals surface area contributed by atoms with Crippen LogP contribution in [0.3, 0.4) is 0 Å². The van der Waals surface area contributed by atoms with Crippen molar-refractivity contribution in [3.63, 3.8) is 0 Å². The summed E-state index contributed by atoms with van der Waals surface area (Å²) in [7, 11) is 0. The van der Waals surface area contributed by atoms with E-state index < -0.39 is 0 Å². The first-order chi connectivity index (χ1) is 11.7. The molecule has 24 heavy (non-hydrogen) atoms. The molecule has 1 amide bonds. The minimum atomic E-state index is -0.245. The number of amides is 1. The Kier molecular flexibility index (Phi) is 3.63. The first-order valence-corrected chi connectivity index (χ1v) is 8.34. The molecule has 0 aliphatic carbocycles. The molecule has 0 aliphatic heterocycles. The molecule has 4 rings (SSSR count). The Balaban J connectivity index is 1.56. The molecule has 0 fully saturated rings. The zero-order valence-electron chi connectivity index (χ0n) is 12.9. The van der Waals surface area contributed by atoms with Crippen LogP contribution in [0.5, 0.6) is 0 Å². The van der Waals surface area contributed by atoms with Gasteiger partial charge >= 0.3 is 0 Å². The summed E-state index contributed by atoms with van der Waals surface area (Å²) in [5, 5.41) is 3.81. The van der Waals surface area contributed by atoms with Gasteiger partial charge < -0.3 is 9.73 Å². The number of anilines is 1. The lowest BCUT2D eigenvalue weighted by atomic mass is 10.2. The number of aryl methyl sites for hydroxylation is 1. The highest BCUT2D eigenvalue weighted by Gasteiger charge is 2.13. The van der Waals surface area contributed by atoms with Crippen LogP contribution in [0.2, 0.25) is 0 Å². The highest BCUT2D eigenvalue weighted by molar-refractivity contribution is 7.21. The molecular formula is C19H14N2O2S. The Morgan fingerprint density at radius 2 is 1.88 bits per heavy atom. The fourth-order valence-electron chi connectivity index (χ4n) is 2.49. The highest BCUT2D eigenvalue weighted by Crippen LogP contribution is 2.30. The number of benzene rings is 2. The number of furan rings is 1. The van der Waals surface area contributed by atoms with Crippen LogP contribution in [0.4, 0.5) is 5.69 Å². The maximum atomic E-state index is 12.2. The maximum Gasteiger partial charge on any atom is 0.291 e. The number of nitrogens with one attached hydrogen (secondary N) is 1. The van der Waals surface area contributed by atoms with Gasteiger partial charge in [-0.15, -0.1) is 11.3 Å². The van der Waals surface area contributed by atoms with Gasteiger partial charge in [-0.05, 0) is 49.4 Å². The Labute approximate surface area is 142 Å². The van der Waals surface area contributed by atoms with Crippen LogP contribution in [0.25, 0.3) is 20.8 Å². The number of thiazole rings is 1. The largest absolute Gasteiger partial charge is 0.459 e. The van der Waals surface area contributed by atoms with Gasteiger partial charge in [0.15, 0.2) is 5.76 Å². The summed E-state index contributed by atoms with van der Waals surface area (Å²) < 4.78 is 6.37. The molecule has 2 heterocycles. The maximum absolute atomic E-state index is 12.2. The van der Waals surface area contributed by atoms with Gasteiger partial charge in [-0.2, -0.15) is 0 Å². The molecule has 4 nitrogen and oxygen atoms in total. The zero-order chi connectivity index (χ0) is 16.5. The number of para-hydroxylation sites is 1. The molecule has 0 spiro atoms. The van der Waals surface area contributed by atoms with E-state index in [4.69, 9.17) is 4.42 Å². The number of carbonyl (C=O) groups is 1. The summed E-state index contributed by atoms with van der Waals surface area (Å²) in [5.41, 5.74) is 3.57. The van der Waals surface area contributed by atoms with Crippen molar-refractivity contribution in [1.29, 1.82) is 0 Å². The average molecular weight is 334 g/mol. The minimum absolute atomic E-state index is 0.245. The second-order valence-electron chi connectivity index (χ2n) is 5.45. The summed E-state index contributed by atoms with van der Waals surface area (Å²) >= 11 is 1.66. The average Bonchev–Trinajstić information content (AvgIpc) is 3.21. The van der Waals surface area contributed by atoms with Crippen molar-refractivity contribution in [3.05, 3.63) is 72.2 Å². The standard InChI is InChI=1S/C19H14N2O2S/c1-12-10-11-23-17(12)18(22)20-14-8-6-13(7-9-14)19-21-15-4-2-3-5-16(15)24-19/h2-11H,1H3,(H,20,22). The molecule has 0 saturated heterocycles. The second-order valence-corrected chi connectivity index (χ2v) is 6.48. The van der Waals surface area contributed by atoms with Crippen molar-refractivity contribution < 1.29 is 9.21 Å². The monoisotopic (exact) mass is 334 g/mol. The minimum Gasteiger partial charge on any atom is -0.459 e. The molecule has 0 bridgehead atoms. The lowest BCUT2D eigenvalue weighted by Crippen LogP contribution is -2.11. The molecule has 0 aliphatic rings. The van der Waals surface area contributed by atoms with E-state index in [2.05, 4.69) is 16.4 Å². The van der Waals surface area contributed by atoms with E-state index in [1.807, 2.05) is 49.4 Å². The Morgan fingerprint density at radius 1 is 1.08 bits per heavy atom. The van der Waals surface area contributed by atoms with E-state index in [1.54, 1.807) is 17.4 Å². The molecule has 0 radical (unpaired) electrons. The van der Waals surface area contributed by atoms with Crippen molar-refractivity contribution in [2.24, 2.45) is 0 Å². The van der Waals surface area contributed by atoms with Gasteiger partial charge in [0.1, 0.15) is 5.01 Å². The lowest BCUT2D eigenvalue weighted by molar-refractivity contribution is 0.0996. The van der Waals surface area contributed by atoms with Gasteiger partial charge in [-0.3, -0.25) is 4.79 Å². The van der Waals surface area contributed by atoms with Crippen molar-refractivity contribution in [2.45, 2.75) is 6.92 Å². The molecule has 118 valence electrons. The fraction of sp³-hybridized carbons (Fsp3) is 0.0526. The van der Waals surface area contributed by atoms with Gasteiger partial charge in [0.2, 0.25) is 0 Å². The lowest BCUT2D eigenvalue weighted by Gasteiger charge is -2.04. The van der Waals surface area contributed by atoms with Crippen LogP contribution in [0.1, 0.15) is 16.1 Å². The van der Waals surface area contributed by atoms with Crippen LogP contribution in [0, 0.1) is 6.92 Å². The smallest absolute Gasteiger partial charge is 0.291 e. The predicted molar refractivity (Wildman–Crippen MR) is 96.5 cm³/mol. The molecule has 0 saturated carbocycles. The van der Waals surface area contributed by atoms with E-state index in [0.29, 0.717) is 5.76 Å². The summed E-state index contributed by atoms with van der Waals surface area (Å²) in [6.07, 6.45) is 1.51. The van der Waals surface area contributed by atoms with Gasteiger partial charge in [0.25, 0.3) is 5.91 Å². The number of fused-ring (bicyclic) bond motifs is 1. The van der Waals surface area contributed by atoms with Gasteiger partial charge in [0.05, 0.1) is 16.5 Å². The third kappa shape index (κ3) is 2.70. The summed E-state index contributed by atoms with van der Waals surface area (Å²) in [6.45, 7) is 1.84. The molecule has 5 heteroatoms. The summed E-state index contributed by atoms with van der Waals surface area (Å²) in [6, 6.07) is 17.5. The molecule has 2 aromatic carbocycles. The summed E-state index contributed by atoms with van der Waals surface area (Å²) in [4.78, 5) is 16.8.